The minimum atomic E-state index is -4.72. The predicted molar refractivity (Wildman–Crippen MR) is 57.3 cm³/mol. The van der Waals surface area contributed by atoms with E-state index in [9.17, 15) is 13.2 Å². The van der Waals surface area contributed by atoms with Crippen LogP contribution in [-0.4, -0.2) is 6.36 Å². The largest absolute Gasteiger partial charge is 0.573 e. The lowest BCUT2D eigenvalue weighted by atomic mass is 10.0. The minimum absolute atomic E-state index is 0.298. The van der Waals surface area contributed by atoms with Crippen molar-refractivity contribution in [2.45, 2.75) is 13.3 Å². The Bertz CT molecular complexity index is 419. The van der Waals surface area contributed by atoms with Gasteiger partial charge in [0.1, 0.15) is 5.76 Å². The molecule has 1 rings (SSSR count). The maximum Gasteiger partial charge on any atom is 0.573 e. The highest BCUT2D eigenvalue weighted by Gasteiger charge is 2.32. The number of hydrogen-bond acceptors (Lipinski definition) is 1. The molecule has 0 atom stereocenters. The molecule has 1 aromatic carbocycles. The Morgan fingerprint density at radius 2 is 1.62 bits per heavy atom. The van der Waals surface area contributed by atoms with Crippen LogP contribution in [0.1, 0.15) is 18.1 Å². The van der Waals surface area contributed by atoms with E-state index in [0.717, 1.165) is 0 Å². The average molecular weight is 228 g/mol. The summed E-state index contributed by atoms with van der Waals surface area (Å²) < 4.78 is 39.8. The molecule has 1 nitrogen and oxygen atoms in total. The van der Waals surface area contributed by atoms with Gasteiger partial charge in [0.05, 0.1) is 0 Å². The average Bonchev–Trinajstić information content (AvgIpc) is 2.15. The Kier molecular flexibility index (Phi) is 3.42. The van der Waals surface area contributed by atoms with E-state index in [4.69, 9.17) is 0 Å². The molecule has 0 aliphatic carbocycles. The highest BCUT2D eigenvalue weighted by atomic mass is 19.4. The number of alkyl halides is 3. The van der Waals surface area contributed by atoms with Crippen LogP contribution in [0.25, 0.3) is 11.3 Å². The highest BCUT2D eigenvalue weighted by molar-refractivity contribution is 5.74. The summed E-state index contributed by atoms with van der Waals surface area (Å²) in [6.07, 6.45) is -4.72. The van der Waals surface area contributed by atoms with Crippen LogP contribution in [0.15, 0.2) is 37.4 Å². The van der Waals surface area contributed by atoms with Gasteiger partial charge < -0.3 is 4.74 Å². The van der Waals surface area contributed by atoms with Crippen molar-refractivity contribution in [2.75, 3.05) is 0 Å². The maximum absolute atomic E-state index is 12.0. The third-order valence-corrected chi connectivity index (χ3v) is 1.93. The molecule has 86 valence electrons. The van der Waals surface area contributed by atoms with Crippen molar-refractivity contribution < 1.29 is 17.9 Å². The van der Waals surface area contributed by atoms with Gasteiger partial charge in [0.25, 0.3) is 0 Å². The van der Waals surface area contributed by atoms with E-state index in [-0.39, 0.29) is 0 Å². The van der Waals surface area contributed by atoms with E-state index < -0.39 is 12.1 Å². The normalized spacial score (nSPS) is 11.0. The lowest BCUT2D eigenvalue weighted by Gasteiger charge is -2.14. The number of rotatable bonds is 3. The van der Waals surface area contributed by atoms with Crippen LogP contribution in [0, 0.1) is 0 Å². The van der Waals surface area contributed by atoms with E-state index in [0.29, 0.717) is 16.7 Å². The Morgan fingerprint density at radius 1 is 1.12 bits per heavy atom. The first-order chi connectivity index (χ1) is 7.31. The second-order valence-electron chi connectivity index (χ2n) is 3.30. The Labute approximate surface area is 91.9 Å². The Morgan fingerprint density at radius 3 is 2.06 bits per heavy atom. The molecule has 4 heteroatoms. The molecule has 0 amide bonds. The molecule has 0 unspecified atom stereocenters. The van der Waals surface area contributed by atoms with Gasteiger partial charge in [0, 0.05) is 5.56 Å². The van der Waals surface area contributed by atoms with Crippen LogP contribution in [0.3, 0.4) is 0 Å². The molecule has 0 aliphatic heterocycles. The standard InChI is InChI=1S/C12H11F3O/c1-8(2)10-6-4-5-7-11(10)9(3)16-12(13,14)15/h4-7H,1,3H2,2H3. The molecule has 0 heterocycles. The molecule has 0 radical (unpaired) electrons. The van der Waals surface area contributed by atoms with E-state index in [1.54, 1.807) is 25.1 Å². The van der Waals surface area contributed by atoms with Crippen molar-refractivity contribution >= 4 is 11.3 Å². The van der Waals surface area contributed by atoms with Gasteiger partial charge in [0.2, 0.25) is 0 Å². The highest BCUT2D eigenvalue weighted by Crippen LogP contribution is 2.29. The third-order valence-electron chi connectivity index (χ3n) is 1.93. The van der Waals surface area contributed by atoms with Crippen LogP contribution in [0.5, 0.6) is 0 Å². The minimum Gasteiger partial charge on any atom is -0.406 e. The van der Waals surface area contributed by atoms with Crippen molar-refractivity contribution in [2.24, 2.45) is 0 Å². The molecular formula is C12H11F3O. The molecule has 0 saturated heterocycles. The number of benzene rings is 1. The lowest BCUT2D eigenvalue weighted by Crippen LogP contribution is -2.12. The second kappa shape index (κ2) is 4.43. The molecule has 0 spiro atoms. The summed E-state index contributed by atoms with van der Waals surface area (Å²) in [6, 6.07) is 6.52. The van der Waals surface area contributed by atoms with Crippen LogP contribution < -0.4 is 0 Å². The monoisotopic (exact) mass is 228 g/mol. The summed E-state index contributed by atoms with van der Waals surface area (Å²) in [6.45, 7) is 8.67. The molecule has 0 aliphatic rings. The van der Waals surface area contributed by atoms with Gasteiger partial charge in [-0.15, -0.1) is 13.2 Å². The topological polar surface area (TPSA) is 9.23 Å². The fourth-order valence-corrected chi connectivity index (χ4v) is 1.29. The van der Waals surface area contributed by atoms with Crippen molar-refractivity contribution in [1.82, 2.24) is 0 Å². The first-order valence-electron chi connectivity index (χ1n) is 4.51. The van der Waals surface area contributed by atoms with Gasteiger partial charge in [0.15, 0.2) is 0 Å². The fourth-order valence-electron chi connectivity index (χ4n) is 1.29. The predicted octanol–water partition coefficient (Wildman–Crippen LogP) is 4.23. The van der Waals surface area contributed by atoms with Gasteiger partial charge in [-0.1, -0.05) is 43.0 Å². The third kappa shape index (κ3) is 3.15. The zero-order chi connectivity index (χ0) is 12.3. The Hall–Kier alpha value is -1.71. The first-order valence-corrected chi connectivity index (χ1v) is 4.51. The fraction of sp³-hybridized carbons (Fsp3) is 0.167. The smallest absolute Gasteiger partial charge is 0.406 e. The molecule has 1 aromatic rings. The summed E-state index contributed by atoms with van der Waals surface area (Å²) in [5.41, 5.74) is 1.55. The molecule has 0 fully saturated rings. The molecule has 0 N–H and O–H groups in total. The molecule has 0 aromatic heterocycles. The lowest BCUT2D eigenvalue weighted by molar-refractivity contribution is -0.290. The summed E-state index contributed by atoms with van der Waals surface area (Å²) in [5.74, 6) is -0.425. The molecule has 16 heavy (non-hydrogen) atoms. The number of halogens is 3. The van der Waals surface area contributed by atoms with Crippen molar-refractivity contribution in [3.63, 3.8) is 0 Å². The Balaban J connectivity index is 3.04. The summed E-state index contributed by atoms with van der Waals surface area (Å²) in [4.78, 5) is 0. The molecular weight excluding hydrogens is 217 g/mol. The van der Waals surface area contributed by atoms with Crippen molar-refractivity contribution in [1.29, 1.82) is 0 Å². The van der Waals surface area contributed by atoms with E-state index in [1.807, 2.05) is 0 Å². The zero-order valence-corrected chi connectivity index (χ0v) is 8.77. The second-order valence-corrected chi connectivity index (χ2v) is 3.30. The van der Waals surface area contributed by atoms with Gasteiger partial charge in [-0.2, -0.15) is 0 Å². The van der Waals surface area contributed by atoms with Gasteiger partial charge >= 0.3 is 6.36 Å². The van der Waals surface area contributed by atoms with E-state index in [1.165, 1.54) is 6.07 Å². The first kappa shape index (κ1) is 12.4. The van der Waals surface area contributed by atoms with E-state index >= 15 is 0 Å². The summed E-state index contributed by atoms with van der Waals surface area (Å²) in [7, 11) is 0. The van der Waals surface area contributed by atoms with Gasteiger partial charge in [-0.25, -0.2) is 0 Å². The van der Waals surface area contributed by atoms with Crippen LogP contribution >= 0.6 is 0 Å². The van der Waals surface area contributed by atoms with Crippen LogP contribution in [0.2, 0.25) is 0 Å². The number of ether oxygens (including phenoxy) is 1. The van der Waals surface area contributed by atoms with Crippen LogP contribution in [0.4, 0.5) is 13.2 Å². The summed E-state index contributed by atoms with van der Waals surface area (Å²) in [5, 5.41) is 0. The van der Waals surface area contributed by atoms with Crippen LogP contribution in [-0.2, 0) is 4.74 Å². The quantitative estimate of drug-likeness (QED) is 0.703. The van der Waals surface area contributed by atoms with Gasteiger partial charge in [-0.05, 0) is 12.5 Å². The number of hydrogen-bond donors (Lipinski definition) is 0. The molecule has 0 saturated carbocycles. The van der Waals surface area contributed by atoms with Crippen molar-refractivity contribution in [3.05, 3.63) is 48.6 Å². The van der Waals surface area contributed by atoms with E-state index in [2.05, 4.69) is 17.9 Å². The summed E-state index contributed by atoms with van der Waals surface area (Å²) >= 11 is 0. The zero-order valence-electron chi connectivity index (χ0n) is 8.77. The maximum atomic E-state index is 12.0. The van der Waals surface area contributed by atoms with Gasteiger partial charge in [-0.3, -0.25) is 0 Å². The number of allylic oxidation sites excluding steroid dienone is 1. The SMILES string of the molecule is C=C(C)c1ccccc1C(=C)OC(F)(F)F. The van der Waals surface area contributed by atoms with Crippen molar-refractivity contribution in [3.8, 4) is 0 Å². The molecule has 0 bridgehead atoms.